The minimum Gasteiger partial charge on any atom is -0.267 e. The van der Waals surface area contributed by atoms with E-state index in [9.17, 15) is 29.8 Å². The Balaban J connectivity index is 2.00. The van der Waals surface area contributed by atoms with Crippen LogP contribution < -0.4 is 10.4 Å². The number of nitrogens with zero attached hydrogens (tertiary/aromatic N) is 3. The van der Waals surface area contributed by atoms with E-state index in [4.69, 9.17) is 0 Å². The minimum atomic E-state index is -0.708. The molecule has 0 heterocycles. The van der Waals surface area contributed by atoms with Gasteiger partial charge in [-0.05, 0) is 46.3 Å². The van der Waals surface area contributed by atoms with E-state index in [2.05, 4.69) is 21.4 Å². The van der Waals surface area contributed by atoms with E-state index in [-0.39, 0.29) is 32.7 Å². The van der Waals surface area contributed by atoms with Crippen molar-refractivity contribution in [3.05, 3.63) is 109 Å². The van der Waals surface area contributed by atoms with Crippen LogP contribution in [0.15, 0.2) is 77.3 Å². The summed E-state index contributed by atoms with van der Waals surface area (Å²) in [6, 6.07) is 16.7. The zero-order valence-electron chi connectivity index (χ0n) is 15.6. The number of carbonyl (C=O) groups excluding carboxylic acids is 2. The van der Waals surface area contributed by atoms with Crippen LogP contribution in [0.25, 0.3) is 0 Å². The molecule has 0 fully saturated rings. The van der Waals surface area contributed by atoms with Crippen molar-refractivity contribution >= 4 is 44.8 Å². The number of amides is 2. The van der Waals surface area contributed by atoms with E-state index >= 15 is 0 Å². The first-order valence-electron chi connectivity index (χ1n) is 8.67. The average molecular weight is 485 g/mol. The Bertz CT molecular complexity index is 1170. The van der Waals surface area contributed by atoms with Gasteiger partial charge in [-0.1, -0.05) is 18.2 Å². The van der Waals surface area contributed by atoms with Crippen LogP contribution in [0, 0.1) is 20.2 Å². The van der Waals surface area contributed by atoms with E-state index in [1.54, 1.807) is 30.3 Å². The maximum absolute atomic E-state index is 13.2. The number of carbonyl (C=O) groups is 2. The molecule has 10 nitrogen and oxygen atoms in total. The van der Waals surface area contributed by atoms with Crippen LogP contribution in [0.4, 0.5) is 17.1 Å². The van der Waals surface area contributed by atoms with Gasteiger partial charge in [0.15, 0.2) is 0 Å². The minimum absolute atomic E-state index is 0.0392. The van der Waals surface area contributed by atoms with E-state index in [1.165, 1.54) is 36.4 Å². The SMILES string of the molecule is O=C(NN(C(=O)c1ccc([N+](=O)[O-])cc1Br)c1ccc([N+](=O)[O-])cc1)c1ccccc1. The summed E-state index contributed by atoms with van der Waals surface area (Å²) in [6.45, 7) is 0. The van der Waals surface area contributed by atoms with Crippen LogP contribution in [-0.2, 0) is 0 Å². The van der Waals surface area contributed by atoms with E-state index in [1.807, 2.05) is 0 Å². The molecule has 0 saturated heterocycles. The summed E-state index contributed by atoms with van der Waals surface area (Å²) in [6.07, 6.45) is 0. The Morgan fingerprint density at radius 1 is 0.839 bits per heavy atom. The lowest BCUT2D eigenvalue weighted by molar-refractivity contribution is -0.385. The first kappa shape index (κ1) is 21.6. The molecular formula is C20H13BrN4O6. The Morgan fingerprint density at radius 2 is 1.42 bits per heavy atom. The molecule has 0 aliphatic carbocycles. The molecule has 11 heteroatoms. The molecule has 3 aromatic rings. The first-order chi connectivity index (χ1) is 14.8. The maximum atomic E-state index is 13.2. The first-order valence-corrected chi connectivity index (χ1v) is 9.46. The fourth-order valence-corrected chi connectivity index (χ4v) is 3.16. The number of benzene rings is 3. The van der Waals surface area contributed by atoms with Crippen molar-refractivity contribution in [2.24, 2.45) is 0 Å². The normalized spacial score (nSPS) is 10.2. The number of non-ortho nitro benzene ring substituents is 2. The molecule has 0 unspecified atom stereocenters. The molecule has 0 aliphatic rings. The third-order valence-electron chi connectivity index (χ3n) is 4.17. The largest absolute Gasteiger partial charge is 0.278 e. The fourth-order valence-electron chi connectivity index (χ4n) is 2.62. The monoisotopic (exact) mass is 484 g/mol. The van der Waals surface area contributed by atoms with Gasteiger partial charge in [-0.25, -0.2) is 5.01 Å². The van der Waals surface area contributed by atoms with Gasteiger partial charge in [0.2, 0.25) is 0 Å². The quantitative estimate of drug-likeness (QED) is 0.424. The molecule has 0 bridgehead atoms. The molecule has 0 atom stereocenters. The van der Waals surface area contributed by atoms with Gasteiger partial charge < -0.3 is 0 Å². The van der Waals surface area contributed by atoms with E-state index < -0.39 is 21.7 Å². The molecule has 2 amide bonds. The number of hydrogen-bond acceptors (Lipinski definition) is 6. The number of halogens is 1. The van der Waals surface area contributed by atoms with Gasteiger partial charge >= 0.3 is 0 Å². The molecule has 0 radical (unpaired) electrons. The third kappa shape index (κ3) is 4.90. The number of nitro benzene ring substituents is 2. The van der Waals surface area contributed by atoms with Crippen molar-refractivity contribution in [1.29, 1.82) is 0 Å². The second kappa shape index (κ2) is 9.13. The van der Waals surface area contributed by atoms with Crippen molar-refractivity contribution < 1.29 is 19.4 Å². The number of nitrogens with one attached hydrogen (secondary N) is 1. The van der Waals surface area contributed by atoms with Gasteiger partial charge in [-0.3, -0.25) is 35.2 Å². The lowest BCUT2D eigenvalue weighted by Gasteiger charge is -2.24. The molecule has 156 valence electrons. The molecule has 3 rings (SSSR count). The summed E-state index contributed by atoms with van der Waals surface area (Å²) in [7, 11) is 0. The van der Waals surface area contributed by atoms with Crippen molar-refractivity contribution in [3.8, 4) is 0 Å². The predicted molar refractivity (Wildman–Crippen MR) is 115 cm³/mol. The Labute approximate surface area is 183 Å². The average Bonchev–Trinajstić information content (AvgIpc) is 2.77. The van der Waals surface area contributed by atoms with Gasteiger partial charge in [0.05, 0.1) is 21.1 Å². The van der Waals surface area contributed by atoms with E-state index in [0.717, 1.165) is 11.1 Å². The van der Waals surface area contributed by atoms with Gasteiger partial charge in [-0.2, -0.15) is 0 Å². The summed E-state index contributed by atoms with van der Waals surface area (Å²) in [4.78, 5) is 46.5. The summed E-state index contributed by atoms with van der Waals surface area (Å²) >= 11 is 3.14. The summed E-state index contributed by atoms with van der Waals surface area (Å²) in [5.41, 5.74) is 2.54. The smallest absolute Gasteiger partial charge is 0.267 e. The van der Waals surface area contributed by atoms with Crippen molar-refractivity contribution in [1.82, 2.24) is 5.43 Å². The van der Waals surface area contributed by atoms with Gasteiger partial charge in [-0.15, -0.1) is 0 Å². The summed E-state index contributed by atoms with van der Waals surface area (Å²) in [5, 5.41) is 22.8. The van der Waals surface area contributed by atoms with Crippen LogP contribution in [0.1, 0.15) is 20.7 Å². The summed E-state index contributed by atoms with van der Waals surface area (Å²) in [5.74, 6) is -1.30. The lowest BCUT2D eigenvalue weighted by atomic mass is 10.1. The van der Waals surface area contributed by atoms with Crippen LogP contribution in [-0.4, -0.2) is 21.7 Å². The number of hydrazine groups is 1. The second-order valence-electron chi connectivity index (χ2n) is 6.14. The molecule has 0 spiro atoms. The summed E-state index contributed by atoms with van der Waals surface area (Å²) < 4.78 is 0.146. The maximum Gasteiger partial charge on any atom is 0.278 e. The number of rotatable bonds is 5. The highest BCUT2D eigenvalue weighted by Gasteiger charge is 2.24. The highest BCUT2D eigenvalue weighted by Crippen LogP contribution is 2.26. The number of hydrogen-bond donors (Lipinski definition) is 1. The third-order valence-corrected chi connectivity index (χ3v) is 4.82. The van der Waals surface area contributed by atoms with Crippen LogP contribution >= 0.6 is 15.9 Å². The topological polar surface area (TPSA) is 136 Å². The van der Waals surface area contributed by atoms with Crippen LogP contribution in [0.5, 0.6) is 0 Å². The van der Waals surface area contributed by atoms with Crippen molar-refractivity contribution in [2.75, 3.05) is 5.01 Å². The van der Waals surface area contributed by atoms with Crippen molar-refractivity contribution in [3.63, 3.8) is 0 Å². The predicted octanol–water partition coefficient (Wildman–Crippen LogP) is 4.26. The molecule has 3 aromatic carbocycles. The highest BCUT2D eigenvalue weighted by atomic mass is 79.9. The fraction of sp³-hybridized carbons (Fsp3) is 0. The molecule has 0 aliphatic heterocycles. The second-order valence-corrected chi connectivity index (χ2v) is 7.00. The van der Waals surface area contributed by atoms with Gasteiger partial charge in [0, 0.05) is 34.3 Å². The lowest BCUT2D eigenvalue weighted by Crippen LogP contribution is -2.46. The zero-order valence-corrected chi connectivity index (χ0v) is 17.2. The number of nitro groups is 2. The molecule has 0 saturated carbocycles. The Morgan fingerprint density at radius 3 is 1.97 bits per heavy atom. The molecule has 1 N–H and O–H groups in total. The Kier molecular flexibility index (Phi) is 6.36. The van der Waals surface area contributed by atoms with Gasteiger partial charge in [0.1, 0.15) is 0 Å². The molecule has 0 aromatic heterocycles. The van der Waals surface area contributed by atoms with Gasteiger partial charge in [0.25, 0.3) is 23.2 Å². The number of anilines is 1. The Hall–Kier alpha value is -4.12. The van der Waals surface area contributed by atoms with Crippen LogP contribution in [0.2, 0.25) is 0 Å². The van der Waals surface area contributed by atoms with Crippen molar-refractivity contribution in [2.45, 2.75) is 0 Å². The molecule has 31 heavy (non-hydrogen) atoms. The standard InChI is InChI=1S/C20H13BrN4O6/c21-18-12-16(25(30)31)10-11-17(18)20(27)23(14-6-8-15(9-7-14)24(28)29)22-19(26)13-4-2-1-3-5-13/h1-12H,(H,22,26). The van der Waals surface area contributed by atoms with Crippen LogP contribution in [0.3, 0.4) is 0 Å². The van der Waals surface area contributed by atoms with E-state index in [0.29, 0.717) is 0 Å². The zero-order chi connectivity index (χ0) is 22.5. The highest BCUT2D eigenvalue weighted by molar-refractivity contribution is 9.10. The molecular weight excluding hydrogens is 472 g/mol.